The molecule has 90 valence electrons. The second-order valence-electron chi connectivity index (χ2n) is 4.15. The molecule has 1 aromatic carbocycles. The van der Waals surface area contributed by atoms with Crippen LogP contribution < -0.4 is 5.73 Å². The molecule has 1 amide bonds. The molecular formula is C12H16N4O. The molecule has 5 heteroatoms. The summed E-state index contributed by atoms with van der Waals surface area (Å²) in [6, 6.07) is 7.73. The molecule has 0 aliphatic carbocycles. The SMILES string of the molecule is CN(C)C(=O)CCn1c(N)nc2ccccc21. The van der Waals surface area contributed by atoms with Crippen molar-refractivity contribution in [2.45, 2.75) is 13.0 Å². The predicted molar refractivity (Wildman–Crippen MR) is 67.5 cm³/mol. The number of benzene rings is 1. The molecule has 0 atom stereocenters. The Kier molecular flexibility index (Phi) is 2.99. The van der Waals surface area contributed by atoms with Gasteiger partial charge in [-0.2, -0.15) is 0 Å². The molecule has 0 fully saturated rings. The number of fused-ring (bicyclic) bond motifs is 1. The molecule has 0 spiro atoms. The maximum atomic E-state index is 11.5. The molecule has 17 heavy (non-hydrogen) atoms. The molecule has 1 aromatic heterocycles. The number of nitrogen functional groups attached to an aromatic ring is 1. The number of imidazole rings is 1. The lowest BCUT2D eigenvalue weighted by molar-refractivity contribution is -0.128. The minimum Gasteiger partial charge on any atom is -0.369 e. The highest BCUT2D eigenvalue weighted by Gasteiger charge is 2.10. The van der Waals surface area contributed by atoms with Gasteiger partial charge in [-0.05, 0) is 12.1 Å². The Labute approximate surface area is 99.8 Å². The average Bonchev–Trinajstić information content (AvgIpc) is 2.61. The van der Waals surface area contributed by atoms with Crippen molar-refractivity contribution in [1.29, 1.82) is 0 Å². The van der Waals surface area contributed by atoms with Crippen molar-refractivity contribution in [3.05, 3.63) is 24.3 Å². The molecule has 0 aliphatic rings. The van der Waals surface area contributed by atoms with Crippen molar-refractivity contribution in [3.8, 4) is 0 Å². The van der Waals surface area contributed by atoms with Crippen molar-refractivity contribution >= 4 is 22.9 Å². The number of para-hydroxylation sites is 2. The van der Waals surface area contributed by atoms with Crippen LogP contribution >= 0.6 is 0 Å². The van der Waals surface area contributed by atoms with Crippen LogP contribution in [-0.4, -0.2) is 34.5 Å². The highest BCUT2D eigenvalue weighted by atomic mass is 16.2. The van der Waals surface area contributed by atoms with Gasteiger partial charge in [0, 0.05) is 27.1 Å². The molecule has 1 heterocycles. The molecule has 5 nitrogen and oxygen atoms in total. The molecule has 2 N–H and O–H groups in total. The topological polar surface area (TPSA) is 64.2 Å². The third kappa shape index (κ3) is 2.22. The summed E-state index contributed by atoms with van der Waals surface area (Å²) in [5.41, 5.74) is 7.67. The van der Waals surface area contributed by atoms with Crippen LogP contribution in [-0.2, 0) is 11.3 Å². The first kappa shape index (κ1) is 11.4. The smallest absolute Gasteiger partial charge is 0.223 e. The third-order valence-electron chi connectivity index (χ3n) is 2.73. The Morgan fingerprint density at radius 3 is 2.82 bits per heavy atom. The minimum absolute atomic E-state index is 0.0854. The van der Waals surface area contributed by atoms with Crippen molar-refractivity contribution in [2.24, 2.45) is 0 Å². The van der Waals surface area contributed by atoms with E-state index in [9.17, 15) is 4.79 Å². The number of hydrogen-bond acceptors (Lipinski definition) is 3. The highest BCUT2D eigenvalue weighted by molar-refractivity contribution is 5.79. The Morgan fingerprint density at radius 2 is 2.12 bits per heavy atom. The summed E-state index contributed by atoms with van der Waals surface area (Å²) >= 11 is 0. The van der Waals surface area contributed by atoms with Crippen molar-refractivity contribution < 1.29 is 4.79 Å². The number of rotatable bonds is 3. The molecule has 0 bridgehead atoms. The van der Waals surface area contributed by atoms with Crippen LogP contribution in [0.15, 0.2) is 24.3 Å². The number of carbonyl (C=O) groups excluding carboxylic acids is 1. The van der Waals surface area contributed by atoms with Crippen LogP contribution in [0.3, 0.4) is 0 Å². The van der Waals surface area contributed by atoms with Gasteiger partial charge in [-0.15, -0.1) is 0 Å². The van der Waals surface area contributed by atoms with E-state index < -0.39 is 0 Å². The number of carbonyl (C=O) groups is 1. The van der Waals surface area contributed by atoms with Crippen LogP contribution in [0.25, 0.3) is 11.0 Å². The number of amides is 1. The Hall–Kier alpha value is -2.04. The Morgan fingerprint density at radius 1 is 1.41 bits per heavy atom. The number of aryl methyl sites for hydroxylation is 1. The van der Waals surface area contributed by atoms with Gasteiger partial charge >= 0.3 is 0 Å². The lowest BCUT2D eigenvalue weighted by atomic mass is 10.3. The second-order valence-corrected chi connectivity index (χ2v) is 4.15. The van der Waals surface area contributed by atoms with Gasteiger partial charge in [-0.25, -0.2) is 4.98 Å². The van der Waals surface area contributed by atoms with E-state index >= 15 is 0 Å². The zero-order chi connectivity index (χ0) is 12.4. The standard InChI is InChI=1S/C12H16N4O/c1-15(2)11(17)7-8-16-10-6-4-3-5-9(10)14-12(16)13/h3-6H,7-8H2,1-2H3,(H2,13,14). The first-order valence-electron chi connectivity index (χ1n) is 5.50. The summed E-state index contributed by atoms with van der Waals surface area (Å²) in [4.78, 5) is 17.4. The molecule has 2 aromatic rings. The molecule has 0 aliphatic heterocycles. The van der Waals surface area contributed by atoms with Gasteiger partial charge in [0.05, 0.1) is 11.0 Å². The van der Waals surface area contributed by atoms with E-state index in [1.165, 1.54) is 0 Å². The number of hydrogen-bond donors (Lipinski definition) is 1. The van der Waals surface area contributed by atoms with Gasteiger partial charge in [0.25, 0.3) is 0 Å². The van der Waals surface area contributed by atoms with Crippen LogP contribution in [0, 0.1) is 0 Å². The molecular weight excluding hydrogens is 216 g/mol. The quantitative estimate of drug-likeness (QED) is 0.861. The Bertz CT molecular complexity index is 544. The van der Waals surface area contributed by atoms with E-state index in [0.29, 0.717) is 18.9 Å². The molecule has 0 unspecified atom stereocenters. The van der Waals surface area contributed by atoms with Crippen LogP contribution in [0.4, 0.5) is 5.95 Å². The lowest BCUT2D eigenvalue weighted by Gasteiger charge is -2.11. The van der Waals surface area contributed by atoms with Crippen LogP contribution in [0.2, 0.25) is 0 Å². The van der Waals surface area contributed by atoms with Crippen molar-refractivity contribution in [3.63, 3.8) is 0 Å². The van der Waals surface area contributed by atoms with Gasteiger partial charge in [-0.3, -0.25) is 4.79 Å². The summed E-state index contributed by atoms with van der Waals surface area (Å²) in [5, 5.41) is 0. The molecule has 2 rings (SSSR count). The normalized spacial score (nSPS) is 10.7. The fourth-order valence-electron chi connectivity index (χ4n) is 1.76. The largest absolute Gasteiger partial charge is 0.369 e. The predicted octanol–water partition coefficient (Wildman–Crippen LogP) is 1.10. The summed E-state index contributed by atoms with van der Waals surface area (Å²) in [6.07, 6.45) is 0.428. The number of nitrogens with zero attached hydrogens (tertiary/aromatic N) is 3. The highest BCUT2D eigenvalue weighted by Crippen LogP contribution is 2.17. The van der Waals surface area contributed by atoms with Crippen molar-refractivity contribution in [2.75, 3.05) is 19.8 Å². The van der Waals surface area contributed by atoms with Crippen LogP contribution in [0.1, 0.15) is 6.42 Å². The zero-order valence-corrected chi connectivity index (χ0v) is 10.1. The van der Waals surface area contributed by atoms with Gasteiger partial charge < -0.3 is 15.2 Å². The molecule has 0 saturated heterocycles. The summed E-state index contributed by atoms with van der Waals surface area (Å²) in [7, 11) is 3.50. The summed E-state index contributed by atoms with van der Waals surface area (Å²) in [5.74, 6) is 0.542. The maximum Gasteiger partial charge on any atom is 0.223 e. The van der Waals surface area contributed by atoms with Gasteiger partial charge in [-0.1, -0.05) is 12.1 Å². The van der Waals surface area contributed by atoms with E-state index in [4.69, 9.17) is 5.73 Å². The fourth-order valence-corrected chi connectivity index (χ4v) is 1.76. The van der Waals surface area contributed by atoms with Gasteiger partial charge in [0.15, 0.2) is 0 Å². The van der Waals surface area contributed by atoms with Gasteiger partial charge in [0.2, 0.25) is 11.9 Å². The lowest BCUT2D eigenvalue weighted by Crippen LogP contribution is -2.23. The van der Waals surface area contributed by atoms with E-state index in [2.05, 4.69) is 4.98 Å². The average molecular weight is 232 g/mol. The zero-order valence-electron chi connectivity index (χ0n) is 10.1. The monoisotopic (exact) mass is 232 g/mol. The fraction of sp³-hybridized carbons (Fsp3) is 0.333. The number of nitrogens with two attached hydrogens (primary N) is 1. The first-order chi connectivity index (χ1) is 8.09. The Balaban J connectivity index is 2.24. The third-order valence-corrected chi connectivity index (χ3v) is 2.73. The first-order valence-corrected chi connectivity index (χ1v) is 5.50. The minimum atomic E-state index is 0.0854. The molecule has 0 radical (unpaired) electrons. The summed E-state index contributed by atoms with van der Waals surface area (Å²) in [6.45, 7) is 0.559. The number of aromatic nitrogens is 2. The van der Waals surface area contributed by atoms with Crippen LogP contribution in [0.5, 0.6) is 0 Å². The van der Waals surface area contributed by atoms with Crippen molar-refractivity contribution in [1.82, 2.24) is 14.5 Å². The number of anilines is 1. The van der Waals surface area contributed by atoms with E-state index in [1.807, 2.05) is 28.8 Å². The van der Waals surface area contributed by atoms with E-state index in [0.717, 1.165) is 11.0 Å². The second kappa shape index (κ2) is 4.45. The maximum absolute atomic E-state index is 11.5. The van der Waals surface area contributed by atoms with E-state index in [1.54, 1.807) is 19.0 Å². The van der Waals surface area contributed by atoms with Gasteiger partial charge in [0.1, 0.15) is 0 Å². The molecule has 0 saturated carbocycles. The van der Waals surface area contributed by atoms with E-state index in [-0.39, 0.29) is 5.91 Å². The summed E-state index contributed by atoms with van der Waals surface area (Å²) < 4.78 is 1.87.